The molecule has 3 rings (SSSR count). The molecule has 162 valence electrons. The number of thioether (sulfide) groups is 1. The molecule has 1 N–H and O–H groups in total. The molecule has 0 fully saturated rings. The molecule has 0 aliphatic rings. The second-order valence-corrected chi connectivity index (χ2v) is 9.03. The van der Waals surface area contributed by atoms with Crippen LogP contribution >= 0.6 is 27.7 Å². The molecule has 0 saturated heterocycles. The maximum absolute atomic E-state index is 12.3. The molecule has 8 heteroatoms. The molecule has 3 aromatic rings. The fourth-order valence-electron chi connectivity index (χ4n) is 3.05. The summed E-state index contributed by atoms with van der Waals surface area (Å²) in [6.07, 6.45) is 0. The SMILES string of the molecule is Cc1cc(SCC(=O)OCC(=O)Nc2c(C)nn(-c3ccccc3)c2C)c(C)cc1Br. The lowest BCUT2D eigenvalue weighted by Crippen LogP contribution is -2.22. The highest BCUT2D eigenvalue weighted by atomic mass is 79.9. The lowest BCUT2D eigenvalue weighted by molar-refractivity contribution is -0.144. The summed E-state index contributed by atoms with van der Waals surface area (Å²) in [7, 11) is 0. The molecule has 0 atom stereocenters. The van der Waals surface area contributed by atoms with Gasteiger partial charge in [0.15, 0.2) is 6.61 Å². The van der Waals surface area contributed by atoms with Crippen molar-refractivity contribution in [2.24, 2.45) is 0 Å². The van der Waals surface area contributed by atoms with E-state index in [1.165, 1.54) is 11.8 Å². The summed E-state index contributed by atoms with van der Waals surface area (Å²) in [5.41, 5.74) is 5.21. The standard InChI is InChI=1S/C23H24BrN3O3S/c1-14-11-20(15(2)10-19(14)24)31-13-22(29)30-12-21(28)25-23-16(3)26-27(17(23)4)18-8-6-5-7-9-18/h5-11H,12-13H2,1-4H3,(H,25,28). The van der Waals surface area contributed by atoms with Gasteiger partial charge in [-0.2, -0.15) is 5.10 Å². The van der Waals surface area contributed by atoms with E-state index < -0.39 is 11.9 Å². The van der Waals surface area contributed by atoms with Crippen LogP contribution in [0.1, 0.15) is 22.5 Å². The van der Waals surface area contributed by atoms with Gasteiger partial charge in [0.25, 0.3) is 5.91 Å². The molecule has 0 bridgehead atoms. The summed E-state index contributed by atoms with van der Waals surface area (Å²) in [5, 5.41) is 7.31. The number of aryl methyl sites for hydroxylation is 3. The third-order valence-electron chi connectivity index (χ3n) is 4.72. The molecule has 0 aliphatic carbocycles. The minimum Gasteiger partial charge on any atom is -0.455 e. The minimum absolute atomic E-state index is 0.138. The number of esters is 1. The Kier molecular flexibility index (Phi) is 7.56. The molecule has 1 heterocycles. The first-order valence-corrected chi connectivity index (χ1v) is 11.5. The predicted octanol–water partition coefficient (Wildman–Crippen LogP) is 5.14. The van der Waals surface area contributed by atoms with E-state index in [0.717, 1.165) is 31.9 Å². The molecule has 1 aromatic heterocycles. The van der Waals surface area contributed by atoms with Crippen molar-refractivity contribution in [3.8, 4) is 5.69 Å². The van der Waals surface area contributed by atoms with E-state index in [9.17, 15) is 9.59 Å². The van der Waals surface area contributed by atoms with Crippen LogP contribution in [0.15, 0.2) is 51.8 Å². The van der Waals surface area contributed by atoms with Gasteiger partial charge in [0.05, 0.1) is 28.5 Å². The van der Waals surface area contributed by atoms with Gasteiger partial charge in [0.1, 0.15) is 0 Å². The zero-order valence-electron chi connectivity index (χ0n) is 17.9. The average Bonchev–Trinajstić information content (AvgIpc) is 3.02. The van der Waals surface area contributed by atoms with Crippen LogP contribution in [0.2, 0.25) is 0 Å². The number of hydrogen-bond donors (Lipinski definition) is 1. The molecule has 0 saturated carbocycles. The third kappa shape index (κ3) is 5.77. The highest BCUT2D eigenvalue weighted by molar-refractivity contribution is 9.10. The maximum atomic E-state index is 12.3. The van der Waals surface area contributed by atoms with Crippen LogP contribution in [0.4, 0.5) is 5.69 Å². The van der Waals surface area contributed by atoms with E-state index in [4.69, 9.17) is 4.74 Å². The van der Waals surface area contributed by atoms with Gasteiger partial charge in [-0.25, -0.2) is 4.68 Å². The van der Waals surface area contributed by atoms with Crippen molar-refractivity contribution in [3.05, 3.63) is 69.5 Å². The molecule has 0 unspecified atom stereocenters. The van der Waals surface area contributed by atoms with Crippen LogP contribution in [-0.4, -0.2) is 34.0 Å². The zero-order chi connectivity index (χ0) is 22.5. The second kappa shape index (κ2) is 10.2. The topological polar surface area (TPSA) is 73.2 Å². The highest BCUT2D eigenvalue weighted by Crippen LogP contribution is 2.28. The first kappa shape index (κ1) is 23.1. The quantitative estimate of drug-likeness (QED) is 0.358. The van der Waals surface area contributed by atoms with Gasteiger partial charge in [-0.15, -0.1) is 11.8 Å². The number of amides is 1. The van der Waals surface area contributed by atoms with E-state index in [2.05, 4.69) is 26.3 Å². The first-order valence-electron chi connectivity index (χ1n) is 9.73. The second-order valence-electron chi connectivity index (χ2n) is 7.16. The molecule has 2 aromatic carbocycles. The van der Waals surface area contributed by atoms with Crippen molar-refractivity contribution < 1.29 is 14.3 Å². The van der Waals surface area contributed by atoms with Gasteiger partial charge in [0.2, 0.25) is 0 Å². The summed E-state index contributed by atoms with van der Waals surface area (Å²) < 4.78 is 7.97. The van der Waals surface area contributed by atoms with Crippen LogP contribution in [-0.2, 0) is 14.3 Å². The van der Waals surface area contributed by atoms with Gasteiger partial charge in [-0.05, 0) is 63.1 Å². The Balaban J connectivity index is 1.54. The molecule has 0 radical (unpaired) electrons. The van der Waals surface area contributed by atoms with Gasteiger partial charge in [0, 0.05) is 9.37 Å². The smallest absolute Gasteiger partial charge is 0.316 e. The number of anilines is 1. The number of rotatable bonds is 7. The number of ether oxygens (including phenoxy) is 1. The number of benzene rings is 2. The number of hydrogen-bond acceptors (Lipinski definition) is 5. The molecule has 0 aliphatic heterocycles. The number of aromatic nitrogens is 2. The molecule has 1 amide bonds. The summed E-state index contributed by atoms with van der Waals surface area (Å²) in [5.74, 6) is -0.694. The Bertz CT molecular complexity index is 1110. The molecule has 0 spiro atoms. The van der Waals surface area contributed by atoms with Crippen molar-refractivity contribution in [1.82, 2.24) is 9.78 Å². The maximum Gasteiger partial charge on any atom is 0.316 e. The van der Waals surface area contributed by atoms with E-state index in [0.29, 0.717) is 11.4 Å². The Morgan fingerprint density at radius 1 is 1.10 bits per heavy atom. The van der Waals surface area contributed by atoms with Gasteiger partial charge < -0.3 is 10.1 Å². The number of carbonyl (C=O) groups is 2. The lowest BCUT2D eigenvalue weighted by atomic mass is 10.2. The minimum atomic E-state index is -0.437. The van der Waals surface area contributed by atoms with Crippen LogP contribution in [0.25, 0.3) is 5.69 Å². The number of carbonyl (C=O) groups excluding carboxylic acids is 2. The number of para-hydroxylation sites is 1. The predicted molar refractivity (Wildman–Crippen MR) is 127 cm³/mol. The highest BCUT2D eigenvalue weighted by Gasteiger charge is 2.16. The Hall–Kier alpha value is -2.58. The van der Waals surface area contributed by atoms with Crippen molar-refractivity contribution in [2.75, 3.05) is 17.7 Å². The van der Waals surface area contributed by atoms with Crippen LogP contribution in [0.5, 0.6) is 0 Å². The molecule has 31 heavy (non-hydrogen) atoms. The van der Waals surface area contributed by atoms with Crippen molar-refractivity contribution >= 4 is 45.3 Å². The van der Waals surface area contributed by atoms with E-state index in [1.807, 2.05) is 70.2 Å². The number of nitrogens with zero attached hydrogens (tertiary/aromatic N) is 2. The summed E-state index contributed by atoms with van der Waals surface area (Å²) in [6, 6.07) is 13.7. The van der Waals surface area contributed by atoms with Crippen molar-refractivity contribution in [1.29, 1.82) is 0 Å². The number of halogens is 1. The molecule has 6 nitrogen and oxygen atoms in total. The zero-order valence-corrected chi connectivity index (χ0v) is 20.3. The monoisotopic (exact) mass is 501 g/mol. The van der Waals surface area contributed by atoms with E-state index in [-0.39, 0.29) is 12.4 Å². The van der Waals surface area contributed by atoms with Gasteiger partial charge in [-0.1, -0.05) is 34.1 Å². The molecular formula is C23H24BrN3O3S. The first-order chi connectivity index (χ1) is 14.8. The summed E-state index contributed by atoms with van der Waals surface area (Å²) >= 11 is 4.90. The van der Waals surface area contributed by atoms with Crippen molar-refractivity contribution in [2.45, 2.75) is 32.6 Å². The van der Waals surface area contributed by atoms with Gasteiger partial charge >= 0.3 is 5.97 Å². The van der Waals surface area contributed by atoms with Crippen molar-refractivity contribution in [3.63, 3.8) is 0 Å². The Labute approximate surface area is 194 Å². The van der Waals surface area contributed by atoms with E-state index in [1.54, 1.807) is 4.68 Å². The Morgan fingerprint density at radius 2 is 1.81 bits per heavy atom. The Morgan fingerprint density at radius 3 is 2.52 bits per heavy atom. The van der Waals surface area contributed by atoms with Gasteiger partial charge in [-0.3, -0.25) is 9.59 Å². The van der Waals surface area contributed by atoms with Crippen LogP contribution < -0.4 is 5.32 Å². The third-order valence-corrected chi connectivity index (χ3v) is 6.71. The lowest BCUT2D eigenvalue weighted by Gasteiger charge is -2.09. The largest absolute Gasteiger partial charge is 0.455 e. The van der Waals surface area contributed by atoms with Crippen LogP contribution in [0, 0.1) is 27.7 Å². The summed E-state index contributed by atoms with van der Waals surface area (Å²) in [6.45, 7) is 7.36. The van der Waals surface area contributed by atoms with Crippen LogP contribution in [0.3, 0.4) is 0 Å². The fraction of sp³-hybridized carbons (Fsp3) is 0.261. The molecular weight excluding hydrogens is 478 g/mol. The average molecular weight is 502 g/mol. The normalized spacial score (nSPS) is 10.7. The van der Waals surface area contributed by atoms with E-state index >= 15 is 0 Å². The fourth-order valence-corrected chi connectivity index (χ4v) is 4.42. The summed E-state index contributed by atoms with van der Waals surface area (Å²) in [4.78, 5) is 25.5. The number of nitrogens with one attached hydrogen (secondary N) is 1.